The minimum absolute atomic E-state index is 0.0412. The van der Waals surface area contributed by atoms with Gasteiger partial charge in [0, 0.05) is 19.0 Å². The van der Waals surface area contributed by atoms with E-state index in [0.29, 0.717) is 23.9 Å². The molecule has 25 heavy (non-hydrogen) atoms. The van der Waals surface area contributed by atoms with Gasteiger partial charge in [0.15, 0.2) is 5.82 Å². The smallest absolute Gasteiger partial charge is 0.258 e. The minimum Gasteiger partial charge on any atom is -0.463 e. The summed E-state index contributed by atoms with van der Waals surface area (Å²) in [7, 11) is 1.75. The lowest BCUT2D eigenvalue weighted by molar-refractivity contribution is 0.0731. The molecular weight excluding hydrogens is 318 g/mol. The summed E-state index contributed by atoms with van der Waals surface area (Å²) in [5.41, 5.74) is 8.31. The minimum atomic E-state index is -0.143. The van der Waals surface area contributed by atoms with Gasteiger partial charge in [0.1, 0.15) is 11.8 Å². The summed E-state index contributed by atoms with van der Waals surface area (Å²) in [5.74, 6) is 0.920. The molecule has 1 amide bonds. The number of hydrogen-bond acceptors (Lipinski definition) is 5. The van der Waals surface area contributed by atoms with Crippen molar-refractivity contribution < 1.29 is 9.21 Å². The lowest BCUT2D eigenvalue weighted by atomic mass is 10.1. The summed E-state index contributed by atoms with van der Waals surface area (Å²) in [4.78, 5) is 19.3. The first kappa shape index (κ1) is 15.7. The highest BCUT2D eigenvalue weighted by Crippen LogP contribution is 2.33. The maximum atomic E-state index is 13.2. The summed E-state index contributed by atoms with van der Waals surface area (Å²) in [6.07, 6.45) is 4.23. The maximum Gasteiger partial charge on any atom is 0.258 e. The molecule has 0 unspecified atom stereocenters. The number of anilines is 1. The zero-order valence-corrected chi connectivity index (χ0v) is 14.4. The first-order chi connectivity index (χ1) is 12.1. The third kappa shape index (κ3) is 2.56. The fraction of sp³-hybridized carbons (Fsp3) is 0.389. The number of nitrogens with zero attached hydrogens (tertiary/aromatic N) is 4. The molecule has 1 saturated heterocycles. The van der Waals surface area contributed by atoms with Gasteiger partial charge in [0.25, 0.3) is 5.91 Å². The van der Waals surface area contributed by atoms with Crippen LogP contribution in [0.2, 0.25) is 0 Å². The Morgan fingerprint density at radius 1 is 1.44 bits per heavy atom. The molecule has 1 atom stereocenters. The molecule has 3 aromatic rings. The number of aryl methyl sites for hydroxylation is 2. The van der Waals surface area contributed by atoms with Crippen molar-refractivity contribution in [1.82, 2.24) is 19.7 Å². The Hall–Kier alpha value is -2.83. The molecule has 130 valence electrons. The second kappa shape index (κ2) is 5.91. The van der Waals surface area contributed by atoms with Gasteiger partial charge in [0.05, 0.1) is 11.6 Å². The number of carbonyl (C=O) groups excluding carboxylic acids is 1. The van der Waals surface area contributed by atoms with Crippen LogP contribution in [0.15, 0.2) is 28.9 Å². The highest BCUT2D eigenvalue weighted by atomic mass is 16.3. The van der Waals surface area contributed by atoms with Gasteiger partial charge < -0.3 is 15.1 Å². The molecule has 0 radical (unpaired) electrons. The van der Waals surface area contributed by atoms with Crippen LogP contribution in [0.5, 0.6) is 0 Å². The number of amides is 1. The van der Waals surface area contributed by atoms with Crippen molar-refractivity contribution in [2.24, 2.45) is 7.05 Å². The molecule has 0 aliphatic carbocycles. The summed E-state index contributed by atoms with van der Waals surface area (Å²) >= 11 is 0. The van der Waals surface area contributed by atoms with Gasteiger partial charge in [-0.15, -0.1) is 0 Å². The summed E-state index contributed by atoms with van der Waals surface area (Å²) in [5, 5.41) is 5.22. The zero-order valence-electron chi connectivity index (χ0n) is 14.4. The van der Waals surface area contributed by atoms with Crippen LogP contribution >= 0.6 is 0 Å². The van der Waals surface area contributed by atoms with Crippen molar-refractivity contribution in [3.63, 3.8) is 0 Å². The van der Waals surface area contributed by atoms with E-state index < -0.39 is 0 Å². The van der Waals surface area contributed by atoms with Crippen molar-refractivity contribution in [3.8, 4) is 0 Å². The molecule has 4 rings (SSSR count). The van der Waals surface area contributed by atoms with Crippen molar-refractivity contribution >= 4 is 22.8 Å². The van der Waals surface area contributed by atoms with E-state index in [1.165, 1.54) is 10.2 Å². The lowest BCUT2D eigenvalue weighted by Crippen LogP contribution is -2.31. The van der Waals surface area contributed by atoms with E-state index in [9.17, 15) is 4.79 Å². The van der Waals surface area contributed by atoms with Crippen molar-refractivity contribution in [2.45, 2.75) is 32.2 Å². The highest BCUT2D eigenvalue weighted by Gasteiger charge is 2.34. The van der Waals surface area contributed by atoms with Crippen molar-refractivity contribution in [2.75, 3.05) is 12.3 Å². The number of fused-ring (bicyclic) bond motifs is 1. The zero-order chi connectivity index (χ0) is 17.6. The Kier molecular flexibility index (Phi) is 3.71. The molecule has 1 aliphatic rings. The fourth-order valence-electron chi connectivity index (χ4n) is 3.45. The third-order valence-corrected chi connectivity index (χ3v) is 4.90. The molecule has 2 aromatic heterocycles. The van der Waals surface area contributed by atoms with Gasteiger partial charge >= 0.3 is 0 Å². The van der Waals surface area contributed by atoms with Crippen LogP contribution in [-0.2, 0) is 13.5 Å². The molecule has 3 heterocycles. The third-order valence-electron chi connectivity index (χ3n) is 4.90. The number of carbonyl (C=O) groups is 1. The molecule has 1 aliphatic heterocycles. The average Bonchev–Trinajstić information content (AvgIpc) is 3.32. The average molecular weight is 339 g/mol. The summed E-state index contributed by atoms with van der Waals surface area (Å²) in [6.45, 7) is 2.78. The van der Waals surface area contributed by atoms with E-state index in [1.54, 1.807) is 13.3 Å². The van der Waals surface area contributed by atoms with Crippen molar-refractivity contribution in [3.05, 3.63) is 41.4 Å². The largest absolute Gasteiger partial charge is 0.463 e. The Balaban J connectivity index is 1.70. The van der Waals surface area contributed by atoms with Gasteiger partial charge in [-0.2, -0.15) is 10.1 Å². The number of hydrogen-bond donors (Lipinski definition) is 1. The number of benzene rings is 1. The lowest BCUT2D eigenvalue weighted by Gasteiger charge is -2.22. The van der Waals surface area contributed by atoms with Crippen LogP contribution in [0.1, 0.15) is 47.6 Å². The molecular formula is C18H21N5O2. The fourth-order valence-corrected chi connectivity index (χ4v) is 3.45. The number of nitrogen functional groups attached to an aromatic ring is 1. The number of aromatic nitrogens is 3. The van der Waals surface area contributed by atoms with Gasteiger partial charge in [0.2, 0.25) is 5.95 Å². The second-order valence-electron chi connectivity index (χ2n) is 6.44. The number of furan rings is 1. The van der Waals surface area contributed by atoms with Gasteiger partial charge in [-0.3, -0.25) is 4.79 Å². The molecule has 7 nitrogen and oxygen atoms in total. The molecule has 2 N–H and O–H groups in total. The topological polar surface area (TPSA) is 90.2 Å². The van der Waals surface area contributed by atoms with E-state index in [1.807, 2.05) is 23.1 Å². The Morgan fingerprint density at radius 3 is 3.00 bits per heavy atom. The van der Waals surface area contributed by atoms with Gasteiger partial charge in [-0.1, -0.05) is 13.0 Å². The van der Waals surface area contributed by atoms with E-state index in [2.05, 4.69) is 17.0 Å². The quantitative estimate of drug-likeness (QED) is 0.792. The van der Waals surface area contributed by atoms with E-state index >= 15 is 0 Å². The predicted octanol–water partition coefficient (Wildman–Crippen LogP) is 2.68. The summed E-state index contributed by atoms with van der Waals surface area (Å²) < 4.78 is 7.13. The normalized spacial score (nSPS) is 17.5. The van der Waals surface area contributed by atoms with Crippen LogP contribution in [0.3, 0.4) is 0 Å². The second-order valence-corrected chi connectivity index (χ2v) is 6.44. The van der Waals surface area contributed by atoms with Crippen LogP contribution in [0, 0.1) is 0 Å². The molecule has 0 spiro atoms. The SMILES string of the molecule is CCc1ccc2occ(C(=O)N3CCC[C@H]3c3nc(N)n(C)n3)c2c1. The monoisotopic (exact) mass is 339 g/mol. The molecule has 1 aromatic carbocycles. The van der Waals surface area contributed by atoms with Crippen LogP contribution in [-0.4, -0.2) is 32.1 Å². The van der Waals surface area contributed by atoms with Crippen molar-refractivity contribution in [1.29, 1.82) is 0 Å². The Labute approximate surface area is 145 Å². The highest BCUT2D eigenvalue weighted by molar-refractivity contribution is 6.06. The number of likely N-dealkylation sites (tertiary alicyclic amines) is 1. The molecule has 7 heteroatoms. The maximum absolute atomic E-state index is 13.2. The molecule has 0 saturated carbocycles. The Bertz CT molecular complexity index is 923. The van der Waals surface area contributed by atoms with Crippen LogP contribution < -0.4 is 5.73 Å². The van der Waals surface area contributed by atoms with Gasteiger partial charge in [-0.25, -0.2) is 4.68 Å². The first-order valence-electron chi connectivity index (χ1n) is 8.56. The number of rotatable bonds is 3. The molecule has 1 fully saturated rings. The molecule has 0 bridgehead atoms. The Morgan fingerprint density at radius 2 is 2.28 bits per heavy atom. The van der Waals surface area contributed by atoms with Crippen LogP contribution in [0.25, 0.3) is 11.0 Å². The van der Waals surface area contributed by atoms with E-state index in [0.717, 1.165) is 30.2 Å². The first-order valence-corrected chi connectivity index (χ1v) is 8.56. The van der Waals surface area contributed by atoms with Gasteiger partial charge in [-0.05, 0) is 37.0 Å². The number of nitrogens with two attached hydrogens (primary N) is 1. The predicted molar refractivity (Wildman–Crippen MR) is 94.0 cm³/mol. The standard InChI is InChI=1S/C18H21N5O2/c1-3-11-6-7-15-12(9-11)13(10-25-15)17(24)23-8-4-5-14(23)16-20-18(19)22(2)21-16/h6-7,9-10,14H,3-5,8H2,1-2H3,(H2,19,20,21)/t14-/m0/s1. The van der Waals surface area contributed by atoms with E-state index in [4.69, 9.17) is 10.2 Å². The summed E-state index contributed by atoms with van der Waals surface area (Å²) in [6, 6.07) is 5.84. The van der Waals surface area contributed by atoms with Crippen LogP contribution in [0.4, 0.5) is 5.95 Å². The van der Waals surface area contributed by atoms with E-state index in [-0.39, 0.29) is 11.9 Å².